The van der Waals surface area contributed by atoms with Crippen molar-refractivity contribution in [3.8, 4) is 0 Å². The van der Waals surface area contributed by atoms with Gasteiger partial charge in [-0.2, -0.15) is 4.31 Å². The molecule has 2 aromatic carbocycles. The second-order valence-electron chi connectivity index (χ2n) is 6.76. The summed E-state index contributed by atoms with van der Waals surface area (Å²) >= 11 is 0. The first-order valence-electron chi connectivity index (χ1n) is 9.13. The van der Waals surface area contributed by atoms with E-state index >= 15 is 0 Å². The van der Waals surface area contributed by atoms with Crippen LogP contribution in [-0.4, -0.2) is 50.8 Å². The highest BCUT2D eigenvalue weighted by atomic mass is 32.2. The summed E-state index contributed by atoms with van der Waals surface area (Å²) in [6, 6.07) is 11.3. The molecule has 0 unspecified atom stereocenters. The average Bonchev–Trinajstić information content (AvgIpc) is 2.70. The molecule has 1 aliphatic heterocycles. The van der Waals surface area contributed by atoms with Crippen LogP contribution in [0.15, 0.2) is 42.5 Å². The number of hydrogen-bond acceptors (Lipinski definition) is 5. The summed E-state index contributed by atoms with van der Waals surface area (Å²) in [6.45, 7) is 3.21. The van der Waals surface area contributed by atoms with E-state index in [0.29, 0.717) is 54.2 Å². The zero-order valence-corrected chi connectivity index (χ0v) is 16.9. The summed E-state index contributed by atoms with van der Waals surface area (Å²) in [5, 5.41) is 2.75. The summed E-state index contributed by atoms with van der Waals surface area (Å²) in [4.78, 5) is 24.0. The predicted molar refractivity (Wildman–Crippen MR) is 109 cm³/mol. The summed E-state index contributed by atoms with van der Waals surface area (Å²) in [5.74, 6) is -1.06. The van der Waals surface area contributed by atoms with Gasteiger partial charge in [0.25, 0.3) is 5.91 Å². The van der Waals surface area contributed by atoms with Crippen LogP contribution in [0, 0.1) is 6.92 Å². The number of carbonyl (C=O) groups is 2. The lowest BCUT2D eigenvalue weighted by Crippen LogP contribution is -2.41. The Hall–Kier alpha value is -2.75. The lowest BCUT2D eigenvalue weighted by molar-refractivity contribution is 0.0729. The van der Waals surface area contributed by atoms with E-state index in [0.717, 1.165) is 0 Å². The van der Waals surface area contributed by atoms with E-state index in [2.05, 4.69) is 5.32 Å². The monoisotopic (exact) mass is 417 g/mol. The number of rotatable bonds is 6. The minimum Gasteiger partial charge on any atom is -0.379 e. The number of primary amides is 1. The Morgan fingerprint density at radius 1 is 1.10 bits per heavy atom. The van der Waals surface area contributed by atoms with Crippen LogP contribution >= 0.6 is 0 Å². The minimum atomic E-state index is -3.43. The molecule has 3 N–H and O–H groups in total. The summed E-state index contributed by atoms with van der Waals surface area (Å²) in [7, 11) is -3.43. The lowest BCUT2D eigenvalue weighted by atomic mass is 10.1. The van der Waals surface area contributed by atoms with Gasteiger partial charge in [0.05, 0.1) is 19.0 Å². The van der Waals surface area contributed by atoms with Crippen LogP contribution in [0.1, 0.15) is 31.8 Å². The van der Waals surface area contributed by atoms with Gasteiger partial charge < -0.3 is 15.8 Å². The molecular weight excluding hydrogens is 394 g/mol. The maximum absolute atomic E-state index is 12.5. The van der Waals surface area contributed by atoms with Gasteiger partial charge in [-0.05, 0) is 42.3 Å². The number of sulfonamides is 1. The fraction of sp³-hybridized carbons (Fsp3) is 0.300. The second kappa shape index (κ2) is 8.73. The SMILES string of the molecule is Cc1c(NC(=O)c2ccc(CS(=O)(=O)N3CCOCC3)cc2)cccc1C(N)=O. The van der Waals surface area contributed by atoms with Crippen LogP contribution in [0.5, 0.6) is 0 Å². The molecular formula is C20H23N3O5S. The molecule has 0 aromatic heterocycles. The van der Waals surface area contributed by atoms with Crippen molar-refractivity contribution in [1.29, 1.82) is 0 Å². The van der Waals surface area contributed by atoms with Crippen molar-refractivity contribution in [3.63, 3.8) is 0 Å². The molecule has 0 radical (unpaired) electrons. The Balaban J connectivity index is 1.69. The maximum Gasteiger partial charge on any atom is 0.255 e. The number of amides is 2. The summed E-state index contributed by atoms with van der Waals surface area (Å²) in [6.07, 6.45) is 0. The van der Waals surface area contributed by atoms with Crippen LogP contribution in [-0.2, 0) is 20.5 Å². The van der Waals surface area contributed by atoms with E-state index in [9.17, 15) is 18.0 Å². The van der Waals surface area contributed by atoms with Crippen molar-refractivity contribution >= 4 is 27.5 Å². The van der Waals surface area contributed by atoms with Gasteiger partial charge in [-0.25, -0.2) is 8.42 Å². The van der Waals surface area contributed by atoms with Gasteiger partial charge in [-0.15, -0.1) is 0 Å². The van der Waals surface area contributed by atoms with Gasteiger partial charge in [-0.3, -0.25) is 9.59 Å². The van der Waals surface area contributed by atoms with E-state index in [4.69, 9.17) is 10.5 Å². The Kier molecular flexibility index (Phi) is 6.31. The molecule has 2 aromatic rings. The van der Waals surface area contributed by atoms with Crippen molar-refractivity contribution in [1.82, 2.24) is 4.31 Å². The molecule has 2 amide bonds. The van der Waals surface area contributed by atoms with Crippen LogP contribution in [0.3, 0.4) is 0 Å². The van der Waals surface area contributed by atoms with Crippen LogP contribution in [0.25, 0.3) is 0 Å². The van der Waals surface area contributed by atoms with E-state index in [-0.39, 0.29) is 11.7 Å². The van der Waals surface area contributed by atoms with Crippen molar-refractivity contribution in [2.45, 2.75) is 12.7 Å². The standard InChI is InChI=1S/C20H23N3O5S/c1-14-17(19(21)24)3-2-4-18(14)22-20(25)16-7-5-15(6-8-16)13-29(26,27)23-9-11-28-12-10-23/h2-8H,9-13H2,1H3,(H2,21,24)(H,22,25). The normalized spacial score (nSPS) is 15.1. The van der Waals surface area contributed by atoms with Gasteiger partial charge in [0.15, 0.2) is 0 Å². The summed E-state index contributed by atoms with van der Waals surface area (Å²) < 4.78 is 31.6. The highest BCUT2D eigenvalue weighted by Crippen LogP contribution is 2.20. The third kappa shape index (κ3) is 5.00. The molecule has 0 atom stereocenters. The second-order valence-corrected chi connectivity index (χ2v) is 8.73. The number of nitrogens with one attached hydrogen (secondary N) is 1. The molecule has 8 nitrogen and oxygen atoms in total. The Morgan fingerprint density at radius 3 is 2.38 bits per heavy atom. The smallest absolute Gasteiger partial charge is 0.255 e. The van der Waals surface area contributed by atoms with Gasteiger partial charge in [0.1, 0.15) is 0 Å². The van der Waals surface area contributed by atoms with Gasteiger partial charge >= 0.3 is 0 Å². The highest BCUT2D eigenvalue weighted by Gasteiger charge is 2.24. The third-order valence-corrected chi connectivity index (χ3v) is 6.63. The number of benzene rings is 2. The molecule has 29 heavy (non-hydrogen) atoms. The molecule has 154 valence electrons. The number of carbonyl (C=O) groups excluding carboxylic acids is 2. The molecule has 0 bridgehead atoms. The molecule has 0 saturated carbocycles. The molecule has 0 aliphatic carbocycles. The van der Waals surface area contributed by atoms with Gasteiger partial charge in [0.2, 0.25) is 15.9 Å². The first kappa shape index (κ1) is 21.0. The van der Waals surface area contributed by atoms with Crippen LogP contribution < -0.4 is 11.1 Å². The fourth-order valence-corrected chi connectivity index (χ4v) is 4.61. The molecule has 9 heteroatoms. The summed E-state index contributed by atoms with van der Waals surface area (Å²) in [5.41, 5.74) is 7.72. The number of anilines is 1. The first-order chi connectivity index (χ1) is 13.8. The average molecular weight is 417 g/mol. The molecule has 1 aliphatic rings. The topological polar surface area (TPSA) is 119 Å². The molecule has 3 rings (SSSR count). The number of nitrogens with zero attached hydrogens (tertiary/aromatic N) is 1. The Morgan fingerprint density at radius 2 is 1.76 bits per heavy atom. The van der Waals surface area contributed by atoms with Crippen molar-refractivity contribution in [2.24, 2.45) is 5.73 Å². The lowest BCUT2D eigenvalue weighted by Gasteiger charge is -2.26. The largest absolute Gasteiger partial charge is 0.379 e. The Bertz CT molecular complexity index is 1010. The fourth-order valence-electron chi connectivity index (χ4n) is 3.11. The van der Waals surface area contributed by atoms with Gasteiger partial charge in [0, 0.05) is 29.9 Å². The molecule has 1 heterocycles. The van der Waals surface area contributed by atoms with E-state index in [1.54, 1.807) is 49.4 Å². The van der Waals surface area contributed by atoms with E-state index in [1.807, 2.05) is 0 Å². The minimum absolute atomic E-state index is 0.130. The number of hydrogen-bond donors (Lipinski definition) is 2. The van der Waals surface area contributed by atoms with Gasteiger partial charge in [-0.1, -0.05) is 18.2 Å². The number of nitrogens with two attached hydrogens (primary N) is 1. The quantitative estimate of drug-likeness (QED) is 0.738. The predicted octanol–water partition coefficient (Wildman–Crippen LogP) is 1.51. The van der Waals surface area contributed by atoms with Crippen molar-refractivity contribution < 1.29 is 22.7 Å². The highest BCUT2D eigenvalue weighted by molar-refractivity contribution is 7.88. The van der Waals surface area contributed by atoms with Crippen molar-refractivity contribution in [2.75, 3.05) is 31.6 Å². The zero-order valence-electron chi connectivity index (χ0n) is 16.1. The maximum atomic E-state index is 12.5. The third-order valence-electron chi connectivity index (χ3n) is 4.78. The first-order valence-corrected chi connectivity index (χ1v) is 10.7. The van der Waals surface area contributed by atoms with E-state index < -0.39 is 15.9 Å². The van der Waals surface area contributed by atoms with Crippen LogP contribution in [0.4, 0.5) is 5.69 Å². The molecule has 1 saturated heterocycles. The number of ether oxygens (including phenoxy) is 1. The Labute approximate surface area is 169 Å². The zero-order chi connectivity index (χ0) is 21.0. The van der Waals surface area contributed by atoms with Crippen LogP contribution in [0.2, 0.25) is 0 Å². The number of morpholine rings is 1. The molecule has 1 fully saturated rings. The van der Waals surface area contributed by atoms with E-state index in [1.165, 1.54) is 4.31 Å². The van der Waals surface area contributed by atoms with Crippen molar-refractivity contribution in [3.05, 3.63) is 64.7 Å². The molecule has 0 spiro atoms.